The summed E-state index contributed by atoms with van der Waals surface area (Å²) in [6, 6.07) is 15.3. The number of hydrogen-bond donors (Lipinski definition) is 1. The zero-order valence-electron chi connectivity index (χ0n) is 12.4. The Balaban J connectivity index is 2.08. The van der Waals surface area contributed by atoms with Gasteiger partial charge in [0, 0.05) is 17.6 Å². The van der Waals surface area contributed by atoms with Crippen LogP contribution < -0.4 is 5.32 Å². The van der Waals surface area contributed by atoms with Crippen LogP contribution in [0.3, 0.4) is 0 Å². The van der Waals surface area contributed by atoms with Crippen molar-refractivity contribution in [1.82, 2.24) is 5.32 Å². The molecule has 21 heavy (non-hydrogen) atoms. The Kier molecular flexibility index (Phi) is 5.77. The number of rotatable bonds is 6. The standard InChI is InChI=1S/C18H21ClFN/c1-13(2)8-18(15-6-4-3-5-7-15)21-12-14-9-16(19)11-17(20)10-14/h3-7,9-11,13,18,21H,8,12H2,1-2H3. The van der Waals surface area contributed by atoms with Crippen molar-refractivity contribution in [1.29, 1.82) is 0 Å². The monoisotopic (exact) mass is 305 g/mol. The third-order valence-electron chi connectivity index (χ3n) is 3.38. The minimum atomic E-state index is -0.292. The van der Waals surface area contributed by atoms with Crippen LogP contribution in [0.25, 0.3) is 0 Å². The fourth-order valence-electron chi connectivity index (χ4n) is 2.45. The largest absolute Gasteiger partial charge is 0.306 e. The molecular weight excluding hydrogens is 285 g/mol. The van der Waals surface area contributed by atoms with E-state index >= 15 is 0 Å². The van der Waals surface area contributed by atoms with Crippen LogP contribution in [0.2, 0.25) is 5.02 Å². The summed E-state index contributed by atoms with van der Waals surface area (Å²) in [5.74, 6) is 0.290. The molecule has 1 unspecified atom stereocenters. The van der Waals surface area contributed by atoms with E-state index in [-0.39, 0.29) is 11.9 Å². The zero-order valence-corrected chi connectivity index (χ0v) is 13.2. The maximum Gasteiger partial charge on any atom is 0.125 e. The summed E-state index contributed by atoms with van der Waals surface area (Å²) in [4.78, 5) is 0. The lowest BCUT2D eigenvalue weighted by molar-refractivity contribution is 0.428. The van der Waals surface area contributed by atoms with Gasteiger partial charge < -0.3 is 5.32 Å². The fraction of sp³-hybridized carbons (Fsp3) is 0.333. The summed E-state index contributed by atoms with van der Waals surface area (Å²) in [5, 5.41) is 3.95. The molecule has 0 saturated heterocycles. The van der Waals surface area contributed by atoms with E-state index in [4.69, 9.17) is 11.6 Å². The molecule has 2 aromatic rings. The van der Waals surface area contributed by atoms with Crippen LogP contribution in [0.4, 0.5) is 4.39 Å². The van der Waals surface area contributed by atoms with E-state index in [9.17, 15) is 4.39 Å². The molecule has 1 atom stereocenters. The predicted molar refractivity (Wildman–Crippen MR) is 86.9 cm³/mol. The highest BCUT2D eigenvalue weighted by molar-refractivity contribution is 6.30. The van der Waals surface area contributed by atoms with E-state index in [1.165, 1.54) is 17.7 Å². The molecule has 0 aliphatic carbocycles. The Hall–Kier alpha value is -1.38. The maximum absolute atomic E-state index is 13.4. The first-order valence-corrected chi connectivity index (χ1v) is 7.65. The van der Waals surface area contributed by atoms with Crippen molar-refractivity contribution in [3.05, 3.63) is 70.5 Å². The molecule has 112 valence electrons. The lowest BCUT2D eigenvalue weighted by Gasteiger charge is -2.21. The van der Waals surface area contributed by atoms with E-state index in [1.54, 1.807) is 6.07 Å². The smallest absolute Gasteiger partial charge is 0.125 e. The summed E-state index contributed by atoms with van der Waals surface area (Å²) < 4.78 is 13.4. The number of benzene rings is 2. The molecule has 0 bridgehead atoms. The van der Waals surface area contributed by atoms with Gasteiger partial charge in [-0.25, -0.2) is 4.39 Å². The molecule has 1 N–H and O–H groups in total. The molecule has 1 nitrogen and oxygen atoms in total. The Bertz CT molecular complexity index is 548. The van der Waals surface area contributed by atoms with Gasteiger partial charge in [0.05, 0.1) is 0 Å². The normalized spacial score (nSPS) is 12.6. The topological polar surface area (TPSA) is 12.0 Å². The molecule has 0 aliphatic rings. The maximum atomic E-state index is 13.4. The van der Waals surface area contributed by atoms with Crippen LogP contribution in [0.15, 0.2) is 48.5 Å². The lowest BCUT2D eigenvalue weighted by atomic mass is 9.97. The van der Waals surface area contributed by atoms with Crippen LogP contribution in [0.5, 0.6) is 0 Å². The van der Waals surface area contributed by atoms with Crippen LogP contribution in [-0.4, -0.2) is 0 Å². The van der Waals surface area contributed by atoms with E-state index < -0.39 is 0 Å². The van der Waals surface area contributed by atoms with E-state index in [1.807, 2.05) is 18.2 Å². The Morgan fingerprint density at radius 3 is 2.43 bits per heavy atom. The van der Waals surface area contributed by atoms with Crippen LogP contribution in [0, 0.1) is 11.7 Å². The van der Waals surface area contributed by atoms with Gasteiger partial charge in [-0.15, -0.1) is 0 Å². The third-order valence-corrected chi connectivity index (χ3v) is 3.60. The van der Waals surface area contributed by atoms with Crippen molar-refractivity contribution in [2.24, 2.45) is 5.92 Å². The van der Waals surface area contributed by atoms with Crippen molar-refractivity contribution in [3.63, 3.8) is 0 Å². The highest BCUT2D eigenvalue weighted by atomic mass is 35.5. The van der Waals surface area contributed by atoms with Gasteiger partial charge in [-0.2, -0.15) is 0 Å². The average Bonchev–Trinajstić information content (AvgIpc) is 2.43. The SMILES string of the molecule is CC(C)CC(NCc1cc(F)cc(Cl)c1)c1ccccc1. The van der Waals surface area contributed by atoms with Gasteiger partial charge in [-0.05, 0) is 41.7 Å². The second kappa shape index (κ2) is 7.58. The molecule has 3 heteroatoms. The molecule has 0 heterocycles. The van der Waals surface area contributed by atoms with E-state index in [0.717, 1.165) is 12.0 Å². The highest BCUT2D eigenvalue weighted by Gasteiger charge is 2.13. The molecular formula is C18H21ClFN. The molecule has 2 rings (SSSR count). The van der Waals surface area contributed by atoms with E-state index in [0.29, 0.717) is 17.5 Å². The zero-order chi connectivity index (χ0) is 15.2. The summed E-state index contributed by atoms with van der Waals surface area (Å²) in [6.07, 6.45) is 1.03. The van der Waals surface area contributed by atoms with Gasteiger partial charge in [0.1, 0.15) is 5.82 Å². The van der Waals surface area contributed by atoms with Crippen LogP contribution >= 0.6 is 11.6 Å². The summed E-state index contributed by atoms with van der Waals surface area (Å²) in [6.45, 7) is 5.01. The average molecular weight is 306 g/mol. The highest BCUT2D eigenvalue weighted by Crippen LogP contribution is 2.22. The minimum Gasteiger partial charge on any atom is -0.306 e. The van der Waals surface area contributed by atoms with Crippen molar-refractivity contribution in [2.75, 3.05) is 0 Å². The first kappa shape index (κ1) is 16.0. The third kappa shape index (κ3) is 5.14. The summed E-state index contributed by atoms with van der Waals surface area (Å²) in [5.41, 5.74) is 2.12. The molecule has 0 amide bonds. The molecule has 0 fully saturated rings. The molecule has 2 aromatic carbocycles. The Morgan fingerprint density at radius 2 is 1.81 bits per heavy atom. The predicted octanol–water partition coefficient (Wildman–Crippen LogP) is 5.36. The van der Waals surface area contributed by atoms with Crippen molar-refractivity contribution in [3.8, 4) is 0 Å². The summed E-state index contributed by atoms with van der Waals surface area (Å²) in [7, 11) is 0. The first-order valence-electron chi connectivity index (χ1n) is 7.28. The van der Waals surface area contributed by atoms with Gasteiger partial charge in [0.2, 0.25) is 0 Å². The van der Waals surface area contributed by atoms with Gasteiger partial charge in [-0.1, -0.05) is 55.8 Å². The molecule has 0 aliphatic heterocycles. The fourth-order valence-corrected chi connectivity index (χ4v) is 2.69. The van der Waals surface area contributed by atoms with Crippen LogP contribution in [-0.2, 0) is 6.54 Å². The number of hydrogen-bond acceptors (Lipinski definition) is 1. The van der Waals surface area contributed by atoms with Crippen molar-refractivity contribution < 1.29 is 4.39 Å². The number of nitrogens with one attached hydrogen (secondary N) is 1. The quantitative estimate of drug-likeness (QED) is 0.758. The number of halogens is 2. The molecule has 0 saturated carbocycles. The van der Waals surface area contributed by atoms with Gasteiger partial charge >= 0.3 is 0 Å². The van der Waals surface area contributed by atoms with Gasteiger partial charge in [-0.3, -0.25) is 0 Å². The van der Waals surface area contributed by atoms with E-state index in [2.05, 4.69) is 31.3 Å². The molecule has 0 radical (unpaired) electrons. The minimum absolute atomic E-state index is 0.258. The van der Waals surface area contributed by atoms with Gasteiger partial charge in [0.25, 0.3) is 0 Å². The second-order valence-electron chi connectivity index (χ2n) is 5.75. The Morgan fingerprint density at radius 1 is 1.10 bits per heavy atom. The van der Waals surface area contributed by atoms with Crippen LogP contribution in [0.1, 0.15) is 37.4 Å². The Labute approximate surface area is 131 Å². The first-order chi connectivity index (χ1) is 10.0. The molecule has 0 spiro atoms. The second-order valence-corrected chi connectivity index (χ2v) is 6.19. The van der Waals surface area contributed by atoms with Crippen molar-refractivity contribution >= 4 is 11.6 Å². The molecule has 0 aromatic heterocycles. The van der Waals surface area contributed by atoms with Crippen molar-refractivity contribution in [2.45, 2.75) is 32.9 Å². The summed E-state index contributed by atoms with van der Waals surface area (Å²) >= 11 is 5.90. The lowest BCUT2D eigenvalue weighted by Crippen LogP contribution is -2.22. The van der Waals surface area contributed by atoms with Gasteiger partial charge in [0.15, 0.2) is 0 Å².